The fraction of sp³-hybridized carbons (Fsp3) is 0.600. The van der Waals surface area contributed by atoms with Gasteiger partial charge in [0.05, 0.1) is 6.54 Å². The summed E-state index contributed by atoms with van der Waals surface area (Å²) in [6.07, 6.45) is -2.42. The third-order valence-corrected chi connectivity index (χ3v) is 3.55. The monoisotopic (exact) mass is 286 g/mol. The van der Waals surface area contributed by atoms with E-state index in [-0.39, 0.29) is 12.1 Å². The Morgan fingerprint density at radius 3 is 2.40 bits per heavy atom. The van der Waals surface area contributed by atoms with Gasteiger partial charge in [-0.05, 0) is 24.9 Å². The van der Waals surface area contributed by atoms with Gasteiger partial charge >= 0.3 is 6.18 Å². The number of alkyl halides is 3. The predicted octanol–water partition coefficient (Wildman–Crippen LogP) is 3.36. The van der Waals surface area contributed by atoms with Crippen LogP contribution in [0, 0.1) is 0 Å². The Kier molecular flexibility index (Phi) is 5.05. The SMILES string of the molecule is CCNCC(c1ccccc1)N(CC(F)(F)F)C1CC1. The zero-order valence-corrected chi connectivity index (χ0v) is 11.7. The van der Waals surface area contributed by atoms with E-state index in [1.165, 1.54) is 0 Å². The molecule has 0 amide bonds. The van der Waals surface area contributed by atoms with Crippen LogP contribution >= 0.6 is 0 Å². The Morgan fingerprint density at radius 2 is 1.90 bits per heavy atom. The topological polar surface area (TPSA) is 15.3 Å². The van der Waals surface area contributed by atoms with Gasteiger partial charge in [0.1, 0.15) is 0 Å². The summed E-state index contributed by atoms with van der Waals surface area (Å²) in [5.41, 5.74) is 0.949. The average molecular weight is 286 g/mol. The molecule has 2 nitrogen and oxygen atoms in total. The Morgan fingerprint density at radius 1 is 1.25 bits per heavy atom. The van der Waals surface area contributed by atoms with Crippen molar-refractivity contribution in [1.29, 1.82) is 0 Å². The Balaban J connectivity index is 2.18. The predicted molar refractivity (Wildman–Crippen MR) is 73.5 cm³/mol. The molecular formula is C15H21F3N2. The third kappa shape index (κ3) is 4.49. The summed E-state index contributed by atoms with van der Waals surface area (Å²) in [5, 5.41) is 3.19. The van der Waals surface area contributed by atoms with Gasteiger partial charge in [-0.3, -0.25) is 4.90 Å². The first-order valence-electron chi connectivity index (χ1n) is 7.09. The number of benzene rings is 1. The minimum atomic E-state index is -4.15. The molecule has 1 aliphatic carbocycles. The highest BCUT2D eigenvalue weighted by atomic mass is 19.4. The van der Waals surface area contributed by atoms with E-state index >= 15 is 0 Å². The quantitative estimate of drug-likeness (QED) is 0.827. The lowest BCUT2D eigenvalue weighted by atomic mass is 10.0. The fourth-order valence-corrected chi connectivity index (χ4v) is 2.49. The zero-order chi connectivity index (χ0) is 14.6. The summed E-state index contributed by atoms with van der Waals surface area (Å²) in [6.45, 7) is 2.44. The molecule has 0 spiro atoms. The second-order valence-electron chi connectivity index (χ2n) is 5.25. The molecule has 112 valence electrons. The first-order valence-corrected chi connectivity index (χ1v) is 7.09. The van der Waals surface area contributed by atoms with Crippen molar-refractivity contribution in [1.82, 2.24) is 10.2 Å². The van der Waals surface area contributed by atoms with Crippen LogP contribution in [0.3, 0.4) is 0 Å². The van der Waals surface area contributed by atoms with Crippen LogP contribution in [-0.4, -0.2) is 36.8 Å². The maximum atomic E-state index is 12.8. The molecule has 0 radical (unpaired) electrons. The second kappa shape index (κ2) is 6.59. The Labute approximate surface area is 118 Å². The van der Waals surface area contributed by atoms with Gasteiger partial charge < -0.3 is 5.32 Å². The number of hydrogen-bond acceptors (Lipinski definition) is 2. The van der Waals surface area contributed by atoms with Crippen molar-refractivity contribution < 1.29 is 13.2 Å². The Bertz CT molecular complexity index is 401. The largest absolute Gasteiger partial charge is 0.401 e. The van der Waals surface area contributed by atoms with Gasteiger partial charge in [-0.1, -0.05) is 37.3 Å². The fourth-order valence-electron chi connectivity index (χ4n) is 2.49. The third-order valence-electron chi connectivity index (χ3n) is 3.55. The van der Waals surface area contributed by atoms with Crippen LogP contribution in [0.4, 0.5) is 13.2 Å². The van der Waals surface area contributed by atoms with E-state index in [2.05, 4.69) is 5.32 Å². The standard InChI is InChI=1S/C15H21F3N2/c1-2-19-10-14(12-6-4-3-5-7-12)20(13-8-9-13)11-15(16,17)18/h3-7,13-14,19H,2,8-11H2,1H3. The van der Waals surface area contributed by atoms with E-state index in [9.17, 15) is 13.2 Å². The minimum Gasteiger partial charge on any atom is -0.315 e. The molecule has 1 aliphatic rings. The van der Waals surface area contributed by atoms with E-state index in [0.29, 0.717) is 6.54 Å². The molecule has 0 saturated heterocycles. The molecule has 20 heavy (non-hydrogen) atoms. The molecular weight excluding hydrogens is 265 g/mol. The van der Waals surface area contributed by atoms with Gasteiger partial charge in [0.25, 0.3) is 0 Å². The molecule has 1 N–H and O–H groups in total. The van der Waals surface area contributed by atoms with Crippen LogP contribution in [-0.2, 0) is 0 Å². The van der Waals surface area contributed by atoms with Crippen LogP contribution in [0.15, 0.2) is 30.3 Å². The molecule has 0 heterocycles. The summed E-state index contributed by atoms with van der Waals surface area (Å²) < 4.78 is 38.5. The van der Waals surface area contributed by atoms with E-state index in [1.54, 1.807) is 4.90 Å². The van der Waals surface area contributed by atoms with E-state index in [0.717, 1.165) is 24.9 Å². The molecule has 5 heteroatoms. The van der Waals surface area contributed by atoms with Crippen molar-refractivity contribution in [2.75, 3.05) is 19.6 Å². The average Bonchev–Trinajstić information content (AvgIpc) is 3.22. The lowest BCUT2D eigenvalue weighted by molar-refractivity contribution is -0.152. The Hall–Kier alpha value is -1.07. The van der Waals surface area contributed by atoms with Crippen molar-refractivity contribution in [2.24, 2.45) is 0 Å². The number of nitrogens with zero attached hydrogens (tertiary/aromatic N) is 1. The lowest BCUT2D eigenvalue weighted by Gasteiger charge is -2.33. The first-order chi connectivity index (χ1) is 9.51. The number of rotatable bonds is 7. The number of nitrogens with one attached hydrogen (secondary N) is 1. The summed E-state index contributed by atoms with van der Waals surface area (Å²) in [6, 6.07) is 9.33. The van der Waals surface area contributed by atoms with Crippen molar-refractivity contribution in [2.45, 2.75) is 38.0 Å². The summed E-state index contributed by atoms with van der Waals surface area (Å²) >= 11 is 0. The molecule has 1 aromatic carbocycles. The van der Waals surface area contributed by atoms with Gasteiger partial charge in [0.2, 0.25) is 0 Å². The van der Waals surface area contributed by atoms with Crippen LogP contribution in [0.1, 0.15) is 31.4 Å². The lowest BCUT2D eigenvalue weighted by Crippen LogP contribution is -2.42. The van der Waals surface area contributed by atoms with Gasteiger partial charge in [0, 0.05) is 18.6 Å². The molecule has 2 rings (SSSR count). The number of halogens is 3. The van der Waals surface area contributed by atoms with E-state index in [1.807, 2.05) is 37.3 Å². The first kappa shape index (κ1) is 15.3. The normalized spacial score (nSPS) is 17.4. The maximum Gasteiger partial charge on any atom is 0.401 e. The summed E-state index contributed by atoms with van der Waals surface area (Å²) in [4.78, 5) is 1.61. The number of hydrogen-bond donors (Lipinski definition) is 1. The van der Waals surface area contributed by atoms with Gasteiger partial charge in [-0.25, -0.2) is 0 Å². The van der Waals surface area contributed by atoms with E-state index < -0.39 is 12.7 Å². The number of likely N-dealkylation sites (N-methyl/N-ethyl adjacent to an activating group) is 1. The zero-order valence-electron chi connectivity index (χ0n) is 11.7. The van der Waals surface area contributed by atoms with Crippen molar-refractivity contribution in [3.8, 4) is 0 Å². The highest BCUT2D eigenvalue weighted by Gasteiger charge is 2.41. The minimum absolute atomic E-state index is 0.0699. The van der Waals surface area contributed by atoms with Crippen molar-refractivity contribution >= 4 is 0 Å². The van der Waals surface area contributed by atoms with Crippen LogP contribution in [0.2, 0.25) is 0 Å². The highest BCUT2D eigenvalue weighted by Crippen LogP contribution is 2.36. The summed E-state index contributed by atoms with van der Waals surface area (Å²) in [5.74, 6) is 0. The maximum absolute atomic E-state index is 12.8. The van der Waals surface area contributed by atoms with Crippen LogP contribution in [0.5, 0.6) is 0 Å². The second-order valence-corrected chi connectivity index (χ2v) is 5.25. The molecule has 1 unspecified atom stereocenters. The van der Waals surface area contributed by atoms with Crippen LogP contribution < -0.4 is 5.32 Å². The molecule has 0 bridgehead atoms. The van der Waals surface area contributed by atoms with Gasteiger partial charge in [-0.2, -0.15) is 13.2 Å². The molecule has 0 aliphatic heterocycles. The molecule has 1 atom stereocenters. The van der Waals surface area contributed by atoms with Crippen LogP contribution in [0.25, 0.3) is 0 Å². The molecule has 1 fully saturated rings. The summed E-state index contributed by atoms with van der Waals surface area (Å²) in [7, 11) is 0. The molecule has 1 saturated carbocycles. The smallest absolute Gasteiger partial charge is 0.315 e. The van der Waals surface area contributed by atoms with Gasteiger partial charge in [-0.15, -0.1) is 0 Å². The highest BCUT2D eigenvalue weighted by molar-refractivity contribution is 5.20. The van der Waals surface area contributed by atoms with E-state index in [4.69, 9.17) is 0 Å². The van der Waals surface area contributed by atoms with Crippen molar-refractivity contribution in [3.05, 3.63) is 35.9 Å². The van der Waals surface area contributed by atoms with Gasteiger partial charge in [0.15, 0.2) is 0 Å². The molecule has 0 aromatic heterocycles. The van der Waals surface area contributed by atoms with Crippen molar-refractivity contribution in [3.63, 3.8) is 0 Å². The molecule has 1 aromatic rings.